The van der Waals surface area contributed by atoms with E-state index in [1.54, 1.807) is 0 Å². The predicted molar refractivity (Wildman–Crippen MR) is 128 cm³/mol. The fourth-order valence-corrected chi connectivity index (χ4v) is 3.58. The Hall–Kier alpha value is -3.28. The molecule has 168 valence electrons. The zero-order valence-electron chi connectivity index (χ0n) is 19.2. The molecule has 1 heterocycles. The molecule has 0 N–H and O–H groups in total. The quantitative estimate of drug-likeness (QED) is 0.293. The predicted octanol–water partition coefficient (Wildman–Crippen LogP) is 5.54. The molecule has 0 unspecified atom stereocenters. The number of anilines is 1. The lowest BCUT2D eigenvalue weighted by molar-refractivity contribution is -0.143. The van der Waals surface area contributed by atoms with Gasteiger partial charge in [0, 0.05) is 30.1 Å². The van der Waals surface area contributed by atoms with Crippen LogP contribution in [0.5, 0.6) is 0 Å². The van der Waals surface area contributed by atoms with E-state index in [4.69, 9.17) is 9.72 Å². The van der Waals surface area contributed by atoms with Crippen molar-refractivity contribution in [3.63, 3.8) is 0 Å². The minimum absolute atomic E-state index is 0.121. The molecule has 0 bridgehead atoms. The number of rotatable bonds is 11. The molecule has 0 atom stereocenters. The lowest BCUT2D eigenvalue weighted by Crippen LogP contribution is -2.33. The van der Waals surface area contributed by atoms with E-state index < -0.39 is 0 Å². The van der Waals surface area contributed by atoms with Gasteiger partial charge in [-0.1, -0.05) is 67.1 Å². The van der Waals surface area contributed by atoms with Crippen LogP contribution in [0.1, 0.15) is 46.5 Å². The van der Waals surface area contributed by atoms with E-state index in [2.05, 4.69) is 41.1 Å². The smallest absolute Gasteiger partial charge is 0.305 e. The van der Waals surface area contributed by atoms with Crippen molar-refractivity contribution >= 4 is 11.9 Å². The molecule has 0 saturated heterocycles. The summed E-state index contributed by atoms with van der Waals surface area (Å²) in [6, 6.07) is 20.4. The maximum absolute atomic E-state index is 11.5. The molecule has 32 heavy (non-hydrogen) atoms. The minimum atomic E-state index is -0.121. The second kappa shape index (κ2) is 11.9. The third kappa shape index (κ3) is 6.36. The van der Waals surface area contributed by atoms with E-state index in [9.17, 15) is 4.79 Å². The van der Waals surface area contributed by atoms with Crippen molar-refractivity contribution in [1.82, 2.24) is 15.2 Å². The molecule has 6 nitrogen and oxygen atoms in total. The Morgan fingerprint density at radius 2 is 1.50 bits per heavy atom. The van der Waals surface area contributed by atoms with Gasteiger partial charge in [-0.15, -0.1) is 10.2 Å². The summed E-state index contributed by atoms with van der Waals surface area (Å²) in [4.78, 5) is 18.7. The van der Waals surface area contributed by atoms with E-state index in [1.807, 2.05) is 55.5 Å². The number of unbranched alkanes of at least 4 members (excludes halogenated alkanes) is 2. The van der Waals surface area contributed by atoms with Crippen LogP contribution in [0.2, 0.25) is 0 Å². The first-order valence-electron chi connectivity index (χ1n) is 11.4. The highest BCUT2D eigenvalue weighted by molar-refractivity contribution is 5.78. The first-order chi connectivity index (χ1) is 15.6. The van der Waals surface area contributed by atoms with Gasteiger partial charge in [0.25, 0.3) is 0 Å². The molecule has 3 rings (SSSR count). The fraction of sp³-hybridized carbons (Fsp3) is 0.385. The number of nitrogens with zero attached hydrogens (tertiary/aromatic N) is 4. The number of esters is 1. The van der Waals surface area contributed by atoms with Crippen molar-refractivity contribution < 1.29 is 9.53 Å². The highest BCUT2D eigenvalue weighted by atomic mass is 16.5. The molecule has 0 radical (unpaired) electrons. The van der Waals surface area contributed by atoms with Gasteiger partial charge in [-0.05, 0) is 33.6 Å². The minimum Gasteiger partial charge on any atom is -0.466 e. The van der Waals surface area contributed by atoms with E-state index >= 15 is 0 Å². The summed E-state index contributed by atoms with van der Waals surface area (Å²) in [5, 5.41) is 9.11. The molecule has 0 amide bonds. The van der Waals surface area contributed by atoms with Gasteiger partial charge in [-0.3, -0.25) is 4.79 Å². The standard InChI is InChI=1S/C26H32N4O2/c1-4-32-23(31)18-12-7-13-19-30(20(2)3)26-27-24(21-14-8-5-9-15-21)25(28-29-26)22-16-10-6-11-17-22/h5-6,8-11,14-17,20H,4,7,12-13,18-19H2,1-3H3. The zero-order chi connectivity index (χ0) is 22.8. The van der Waals surface area contributed by atoms with Crippen LogP contribution in [0.25, 0.3) is 22.5 Å². The van der Waals surface area contributed by atoms with Crippen LogP contribution in [-0.4, -0.2) is 40.3 Å². The SMILES string of the molecule is CCOC(=O)CCCCCN(c1nnc(-c2ccccc2)c(-c2ccccc2)n1)C(C)C. The number of ether oxygens (including phenoxy) is 1. The van der Waals surface area contributed by atoms with E-state index in [1.165, 1.54) is 0 Å². The van der Waals surface area contributed by atoms with Crippen molar-refractivity contribution in [2.75, 3.05) is 18.1 Å². The van der Waals surface area contributed by atoms with Crippen LogP contribution in [0.15, 0.2) is 60.7 Å². The molecule has 0 saturated carbocycles. The van der Waals surface area contributed by atoms with Gasteiger partial charge in [-0.25, -0.2) is 4.98 Å². The van der Waals surface area contributed by atoms with Crippen LogP contribution >= 0.6 is 0 Å². The largest absolute Gasteiger partial charge is 0.466 e. The second-order valence-corrected chi connectivity index (χ2v) is 7.94. The van der Waals surface area contributed by atoms with E-state index in [-0.39, 0.29) is 12.0 Å². The summed E-state index contributed by atoms with van der Waals surface area (Å²) < 4.78 is 5.00. The molecular formula is C26H32N4O2. The topological polar surface area (TPSA) is 68.2 Å². The van der Waals surface area contributed by atoms with Crippen LogP contribution in [0, 0.1) is 0 Å². The number of carbonyl (C=O) groups excluding carboxylic acids is 1. The van der Waals surface area contributed by atoms with Gasteiger partial charge < -0.3 is 9.64 Å². The highest BCUT2D eigenvalue weighted by Crippen LogP contribution is 2.29. The average molecular weight is 433 g/mol. The first kappa shape index (κ1) is 23.4. The Labute approximate surface area is 190 Å². The Balaban J connectivity index is 1.80. The number of hydrogen-bond acceptors (Lipinski definition) is 6. The molecule has 0 fully saturated rings. The first-order valence-corrected chi connectivity index (χ1v) is 11.4. The highest BCUT2D eigenvalue weighted by Gasteiger charge is 2.19. The summed E-state index contributed by atoms with van der Waals surface area (Å²) in [5.74, 6) is 0.508. The van der Waals surface area contributed by atoms with Gasteiger partial charge in [0.15, 0.2) is 0 Å². The van der Waals surface area contributed by atoms with Gasteiger partial charge in [-0.2, -0.15) is 0 Å². The second-order valence-electron chi connectivity index (χ2n) is 7.94. The number of carbonyl (C=O) groups is 1. The summed E-state index contributed by atoms with van der Waals surface area (Å²) >= 11 is 0. The van der Waals surface area contributed by atoms with Gasteiger partial charge >= 0.3 is 5.97 Å². The Morgan fingerprint density at radius 3 is 2.09 bits per heavy atom. The Kier molecular flexibility index (Phi) is 8.72. The molecule has 3 aromatic rings. The zero-order valence-corrected chi connectivity index (χ0v) is 19.2. The average Bonchev–Trinajstić information content (AvgIpc) is 2.82. The van der Waals surface area contributed by atoms with Crippen molar-refractivity contribution in [2.24, 2.45) is 0 Å². The third-order valence-corrected chi connectivity index (χ3v) is 5.24. The molecule has 6 heteroatoms. The lowest BCUT2D eigenvalue weighted by Gasteiger charge is -2.27. The molecule has 0 aliphatic heterocycles. The fourth-order valence-electron chi connectivity index (χ4n) is 3.58. The van der Waals surface area contributed by atoms with Crippen LogP contribution in [0.3, 0.4) is 0 Å². The van der Waals surface area contributed by atoms with Gasteiger partial charge in [0.05, 0.1) is 6.61 Å². The summed E-state index contributed by atoms with van der Waals surface area (Å²) in [6.45, 7) is 7.35. The summed E-state index contributed by atoms with van der Waals surface area (Å²) in [7, 11) is 0. The van der Waals surface area contributed by atoms with E-state index in [0.29, 0.717) is 19.0 Å². The molecular weight excluding hydrogens is 400 g/mol. The monoisotopic (exact) mass is 432 g/mol. The van der Waals surface area contributed by atoms with Crippen LogP contribution in [-0.2, 0) is 9.53 Å². The van der Waals surface area contributed by atoms with Crippen molar-refractivity contribution in [3.8, 4) is 22.5 Å². The molecule has 1 aromatic heterocycles. The lowest BCUT2D eigenvalue weighted by atomic mass is 10.0. The number of aromatic nitrogens is 3. The number of hydrogen-bond donors (Lipinski definition) is 0. The Morgan fingerprint density at radius 1 is 0.875 bits per heavy atom. The molecule has 0 aliphatic carbocycles. The summed E-state index contributed by atoms with van der Waals surface area (Å²) in [5.41, 5.74) is 3.61. The van der Waals surface area contributed by atoms with Crippen molar-refractivity contribution in [3.05, 3.63) is 60.7 Å². The Bertz CT molecular complexity index is 978. The molecule has 2 aromatic carbocycles. The molecule has 0 aliphatic rings. The van der Waals surface area contributed by atoms with Crippen molar-refractivity contribution in [1.29, 1.82) is 0 Å². The summed E-state index contributed by atoms with van der Waals surface area (Å²) in [6.07, 6.45) is 3.19. The van der Waals surface area contributed by atoms with E-state index in [0.717, 1.165) is 48.3 Å². The van der Waals surface area contributed by atoms with Crippen molar-refractivity contribution in [2.45, 2.75) is 52.5 Å². The molecule has 0 spiro atoms. The maximum Gasteiger partial charge on any atom is 0.305 e. The third-order valence-electron chi connectivity index (χ3n) is 5.24. The number of benzene rings is 2. The van der Waals surface area contributed by atoms with Crippen LogP contribution < -0.4 is 4.90 Å². The van der Waals surface area contributed by atoms with Gasteiger partial charge in [0.2, 0.25) is 5.95 Å². The van der Waals surface area contributed by atoms with Crippen LogP contribution in [0.4, 0.5) is 5.95 Å². The normalized spacial score (nSPS) is 10.9. The van der Waals surface area contributed by atoms with Gasteiger partial charge in [0.1, 0.15) is 11.4 Å². The maximum atomic E-state index is 11.5.